The summed E-state index contributed by atoms with van der Waals surface area (Å²) in [6, 6.07) is -0.299. The molecule has 1 heterocycles. The van der Waals surface area contributed by atoms with Crippen molar-refractivity contribution in [2.75, 3.05) is 6.54 Å². The van der Waals surface area contributed by atoms with Crippen molar-refractivity contribution < 1.29 is 14.2 Å². The molecule has 1 saturated heterocycles. The third-order valence-corrected chi connectivity index (χ3v) is 3.40. The molecule has 5 nitrogen and oxygen atoms in total. The Morgan fingerprint density at radius 3 is 2.44 bits per heavy atom. The molecule has 1 rings (SSSR count). The number of rotatable bonds is 2. The molecule has 2 unspecified atom stereocenters. The highest BCUT2D eigenvalue weighted by atomic mass is 16.5. The third kappa shape index (κ3) is 3.40. The number of hydrogen-bond donors (Lipinski definition) is 1. The zero-order chi connectivity index (χ0) is 13.9. The molecule has 0 aliphatic carbocycles. The minimum Gasteiger partial charge on any atom is -0.528 e. The highest BCUT2D eigenvalue weighted by Crippen LogP contribution is 2.25. The van der Waals surface area contributed by atoms with Crippen molar-refractivity contribution in [1.82, 2.24) is 10.2 Å². The molecule has 2 amide bonds. The minimum atomic E-state index is -0.560. The van der Waals surface area contributed by atoms with Gasteiger partial charge in [0.15, 0.2) is 0 Å². The molecule has 0 aromatic carbocycles. The molecule has 2 atom stereocenters. The van der Waals surface area contributed by atoms with Crippen LogP contribution in [0.3, 0.4) is 0 Å². The highest BCUT2D eigenvalue weighted by molar-refractivity contribution is 6.05. The van der Waals surface area contributed by atoms with Gasteiger partial charge in [0, 0.05) is 12.6 Å². The lowest BCUT2D eigenvalue weighted by Gasteiger charge is -2.34. The van der Waals surface area contributed by atoms with Crippen LogP contribution in [-0.4, -0.2) is 43.6 Å². The second-order valence-corrected chi connectivity index (χ2v) is 5.96. The van der Waals surface area contributed by atoms with E-state index in [2.05, 4.69) is 9.97 Å². The van der Waals surface area contributed by atoms with Crippen molar-refractivity contribution in [3.63, 3.8) is 0 Å². The van der Waals surface area contributed by atoms with Crippen LogP contribution in [0.5, 0.6) is 0 Å². The normalized spacial score (nSPS) is 21.6. The van der Waals surface area contributed by atoms with E-state index in [9.17, 15) is 9.59 Å². The summed E-state index contributed by atoms with van der Waals surface area (Å²) in [6.07, 6.45) is 1.50. The first kappa shape index (κ1) is 14.9. The van der Waals surface area contributed by atoms with E-state index in [4.69, 9.17) is 0 Å². The van der Waals surface area contributed by atoms with Crippen molar-refractivity contribution in [3.8, 4) is 0 Å². The van der Waals surface area contributed by atoms with Crippen LogP contribution < -0.4 is 5.32 Å². The van der Waals surface area contributed by atoms with E-state index < -0.39 is 12.1 Å². The predicted molar refractivity (Wildman–Crippen MR) is 71.8 cm³/mol. The van der Waals surface area contributed by atoms with Gasteiger partial charge in [-0.3, -0.25) is 4.79 Å². The van der Waals surface area contributed by atoms with E-state index in [0.29, 0.717) is 0 Å². The Kier molecular flexibility index (Phi) is 4.65. The topological polar surface area (TPSA) is 58.6 Å². The maximum absolute atomic E-state index is 12.5. The van der Waals surface area contributed by atoms with Crippen molar-refractivity contribution in [1.29, 1.82) is 0 Å². The Hall–Kier alpha value is -1.20. The molecular weight excluding hydrogens is 231 g/mol. The zero-order valence-electron chi connectivity index (χ0n) is 11.9. The van der Waals surface area contributed by atoms with Crippen LogP contribution in [0.4, 0.5) is 4.79 Å². The summed E-state index contributed by atoms with van der Waals surface area (Å²) < 4.78 is 4.59. The number of amides is 2. The monoisotopic (exact) mass is 254 g/mol. The van der Waals surface area contributed by atoms with E-state index in [0.717, 1.165) is 19.4 Å². The van der Waals surface area contributed by atoms with Crippen LogP contribution in [0, 0.1) is 5.41 Å². The number of nitrogens with one attached hydrogen (secondary N) is 1. The van der Waals surface area contributed by atoms with Gasteiger partial charge < -0.3 is 14.9 Å². The summed E-state index contributed by atoms with van der Waals surface area (Å²) in [5.74, 6) is -0.0158. The molecule has 1 N–H and O–H groups in total. The van der Waals surface area contributed by atoms with Crippen LogP contribution >= 0.6 is 0 Å². The molecular formula is C12H23BN2O3. The van der Waals surface area contributed by atoms with Gasteiger partial charge in [0.25, 0.3) is 0 Å². The van der Waals surface area contributed by atoms with E-state index in [1.807, 2.05) is 32.6 Å². The van der Waals surface area contributed by atoms with Gasteiger partial charge >= 0.3 is 14.1 Å². The fraction of sp³-hybridized carbons (Fsp3) is 0.833. The van der Waals surface area contributed by atoms with Crippen LogP contribution in [-0.2, 0) is 9.45 Å². The van der Waals surface area contributed by atoms with Crippen LogP contribution in [0.15, 0.2) is 0 Å². The van der Waals surface area contributed by atoms with Gasteiger partial charge in [0.1, 0.15) is 6.04 Å². The second kappa shape index (κ2) is 5.63. The second-order valence-electron chi connectivity index (χ2n) is 5.96. The first-order valence-corrected chi connectivity index (χ1v) is 6.42. The average Bonchev–Trinajstić information content (AvgIpc) is 2.69. The molecule has 102 valence electrons. The van der Waals surface area contributed by atoms with Crippen LogP contribution in [0.25, 0.3) is 0 Å². The Labute approximate surface area is 110 Å². The molecule has 0 radical (unpaired) electrons. The molecule has 18 heavy (non-hydrogen) atoms. The summed E-state index contributed by atoms with van der Waals surface area (Å²) in [4.78, 5) is 25.7. The van der Waals surface area contributed by atoms with Crippen molar-refractivity contribution >= 4 is 20.0 Å². The fourth-order valence-electron chi connectivity index (χ4n) is 2.25. The molecule has 1 fully saturated rings. The standard InChI is InChI=1S/C12H23BN2O3/c1-8-6-5-7-15(8)10(16)9(12(2,3)4)14-11(17)18-13/h8-9H,5-7,13H2,1-4H3,(H,14,17). The molecule has 0 bridgehead atoms. The van der Waals surface area contributed by atoms with E-state index in [-0.39, 0.29) is 17.4 Å². The zero-order valence-corrected chi connectivity index (χ0v) is 11.9. The lowest BCUT2D eigenvalue weighted by Crippen LogP contribution is -2.55. The maximum Gasteiger partial charge on any atom is 0.389 e. The Morgan fingerprint density at radius 1 is 1.44 bits per heavy atom. The number of carbonyl (C=O) groups excluding carboxylic acids is 2. The predicted octanol–water partition coefficient (Wildman–Crippen LogP) is 0.686. The lowest BCUT2D eigenvalue weighted by molar-refractivity contribution is -0.136. The SMILES string of the molecule is BOC(=O)NC(C(=O)N1CCCC1C)C(C)(C)C. The van der Waals surface area contributed by atoms with Gasteiger partial charge in [0.2, 0.25) is 5.91 Å². The number of nitrogens with zero attached hydrogens (tertiary/aromatic N) is 1. The third-order valence-electron chi connectivity index (χ3n) is 3.40. The number of carbonyl (C=O) groups is 2. The molecule has 0 aromatic rings. The van der Waals surface area contributed by atoms with Gasteiger partial charge in [0.05, 0.1) is 0 Å². The summed E-state index contributed by atoms with van der Waals surface area (Å²) in [5, 5.41) is 2.65. The van der Waals surface area contributed by atoms with Crippen LogP contribution in [0.2, 0.25) is 0 Å². The van der Waals surface area contributed by atoms with E-state index in [1.54, 1.807) is 0 Å². The largest absolute Gasteiger partial charge is 0.528 e. The van der Waals surface area contributed by atoms with Gasteiger partial charge in [-0.25, -0.2) is 4.79 Å². The van der Waals surface area contributed by atoms with E-state index in [1.165, 1.54) is 8.05 Å². The Bertz CT molecular complexity index is 328. The van der Waals surface area contributed by atoms with Gasteiger partial charge in [-0.15, -0.1) is 0 Å². The number of hydrogen-bond acceptors (Lipinski definition) is 3. The number of likely N-dealkylation sites (tertiary alicyclic amines) is 1. The molecule has 0 spiro atoms. The van der Waals surface area contributed by atoms with Gasteiger partial charge in [-0.05, 0) is 25.2 Å². The first-order valence-electron chi connectivity index (χ1n) is 6.42. The van der Waals surface area contributed by atoms with Gasteiger partial charge in [-0.2, -0.15) is 0 Å². The minimum absolute atomic E-state index is 0.0158. The molecule has 6 heteroatoms. The molecule has 0 aromatic heterocycles. The summed E-state index contributed by atoms with van der Waals surface area (Å²) in [5.41, 5.74) is -0.340. The molecule has 0 saturated carbocycles. The lowest BCUT2D eigenvalue weighted by atomic mass is 9.85. The Morgan fingerprint density at radius 2 is 2.06 bits per heavy atom. The highest BCUT2D eigenvalue weighted by Gasteiger charge is 2.38. The summed E-state index contributed by atoms with van der Waals surface area (Å²) in [7, 11) is 1.30. The van der Waals surface area contributed by atoms with Crippen LogP contribution in [0.1, 0.15) is 40.5 Å². The molecule has 1 aliphatic heterocycles. The van der Waals surface area contributed by atoms with Gasteiger partial charge in [-0.1, -0.05) is 20.8 Å². The van der Waals surface area contributed by atoms with E-state index >= 15 is 0 Å². The Balaban J connectivity index is 2.82. The van der Waals surface area contributed by atoms with Crippen molar-refractivity contribution in [3.05, 3.63) is 0 Å². The quantitative estimate of drug-likeness (QED) is 0.737. The first-order chi connectivity index (χ1) is 8.27. The average molecular weight is 254 g/mol. The molecule has 1 aliphatic rings. The fourth-order valence-corrected chi connectivity index (χ4v) is 2.25. The smallest absolute Gasteiger partial charge is 0.389 e. The maximum atomic E-state index is 12.5. The summed E-state index contributed by atoms with van der Waals surface area (Å²) in [6.45, 7) is 8.63. The summed E-state index contributed by atoms with van der Waals surface area (Å²) >= 11 is 0. The van der Waals surface area contributed by atoms with Crippen molar-refractivity contribution in [2.24, 2.45) is 5.41 Å². The van der Waals surface area contributed by atoms with Crippen molar-refractivity contribution in [2.45, 2.75) is 52.6 Å².